The van der Waals surface area contributed by atoms with Crippen molar-refractivity contribution in [2.75, 3.05) is 12.8 Å². The Morgan fingerprint density at radius 1 is 1.38 bits per heavy atom. The van der Waals surface area contributed by atoms with E-state index >= 15 is 0 Å². The van der Waals surface area contributed by atoms with E-state index in [0.29, 0.717) is 23.6 Å². The average Bonchev–Trinajstić information content (AvgIpc) is 2.85. The Morgan fingerprint density at radius 3 is 2.71 bits per heavy atom. The number of amides is 1. The van der Waals surface area contributed by atoms with Gasteiger partial charge in [0, 0.05) is 17.9 Å². The highest BCUT2D eigenvalue weighted by Gasteiger charge is 2.27. The number of nitrogens with one attached hydrogen (secondary N) is 1. The minimum atomic E-state index is -3.33. The fourth-order valence-corrected chi connectivity index (χ4v) is 3.90. The molecule has 2 atom stereocenters. The molecule has 21 heavy (non-hydrogen) atoms. The Hall–Kier alpha value is -1.40. The Labute approximate surface area is 125 Å². The number of aryl methyl sites for hydroxylation is 1. The van der Waals surface area contributed by atoms with Crippen LogP contribution in [0.1, 0.15) is 35.2 Å². The minimum absolute atomic E-state index is 0.0884. The first-order chi connectivity index (χ1) is 9.82. The van der Waals surface area contributed by atoms with Gasteiger partial charge in [-0.25, -0.2) is 8.42 Å². The highest BCUT2D eigenvalue weighted by Crippen LogP contribution is 2.25. The molecule has 116 valence electrons. The van der Waals surface area contributed by atoms with Gasteiger partial charge in [0.2, 0.25) is 0 Å². The summed E-state index contributed by atoms with van der Waals surface area (Å²) in [6.07, 6.45) is 4.18. The predicted molar refractivity (Wildman–Crippen MR) is 81.9 cm³/mol. The molecule has 1 aliphatic carbocycles. The zero-order valence-electron chi connectivity index (χ0n) is 12.4. The van der Waals surface area contributed by atoms with E-state index in [1.807, 2.05) is 0 Å². The monoisotopic (exact) mass is 310 g/mol. The molecule has 3 N–H and O–H groups in total. The van der Waals surface area contributed by atoms with E-state index in [0.717, 1.165) is 25.5 Å². The second-order valence-corrected chi connectivity index (χ2v) is 7.74. The third-order valence-corrected chi connectivity index (χ3v) is 5.37. The molecular formula is C15H22N2O3S. The van der Waals surface area contributed by atoms with Crippen molar-refractivity contribution >= 4 is 15.7 Å². The molecule has 0 saturated heterocycles. The SMILES string of the molecule is Cc1ccc(C(=O)NC2CCCC2CN)cc1S(C)(=O)=O. The molecule has 0 spiro atoms. The second-order valence-electron chi connectivity index (χ2n) is 5.76. The van der Waals surface area contributed by atoms with Crippen molar-refractivity contribution in [2.24, 2.45) is 11.7 Å². The largest absolute Gasteiger partial charge is 0.349 e. The van der Waals surface area contributed by atoms with Crippen molar-refractivity contribution in [3.63, 3.8) is 0 Å². The normalized spacial score (nSPS) is 22.2. The van der Waals surface area contributed by atoms with Crippen LogP contribution in [0.2, 0.25) is 0 Å². The summed E-state index contributed by atoms with van der Waals surface area (Å²) in [5.41, 5.74) is 6.74. The molecular weight excluding hydrogens is 288 g/mol. The first-order valence-corrected chi connectivity index (χ1v) is 9.03. The zero-order valence-corrected chi connectivity index (χ0v) is 13.2. The van der Waals surface area contributed by atoms with Crippen molar-refractivity contribution in [1.29, 1.82) is 0 Å². The average molecular weight is 310 g/mol. The molecule has 0 heterocycles. The van der Waals surface area contributed by atoms with Gasteiger partial charge in [-0.05, 0) is 49.9 Å². The Morgan fingerprint density at radius 2 is 2.10 bits per heavy atom. The molecule has 6 heteroatoms. The minimum Gasteiger partial charge on any atom is -0.349 e. The number of nitrogens with two attached hydrogens (primary N) is 1. The summed E-state index contributed by atoms with van der Waals surface area (Å²) in [5.74, 6) is 0.0824. The molecule has 5 nitrogen and oxygen atoms in total. The van der Waals surface area contributed by atoms with E-state index in [-0.39, 0.29) is 16.8 Å². The topological polar surface area (TPSA) is 89.3 Å². The van der Waals surface area contributed by atoms with Crippen LogP contribution in [0.15, 0.2) is 23.1 Å². The molecule has 0 aromatic heterocycles. The number of sulfone groups is 1. The fourth-order valence-electron chi connectivity index (χ4n) is 2.90. The standard InChI is InChI=1S/C15H22N2O3S/c1-10-6-7-11(8-14(10)21(2,19)20)15(18)17-13-5-3-4-12(13)9-16/h6-8,12-13H,3-5,9,16H2,1-2H3,(H,17,18). The molecule has 1 aromatic rings. The van der Waals surface area contributed by atoms with Crippen molar-refractivity contribution in [1.82, 2.24) is 5.32 Å². The van der Waals surface area contributed by atoms with Crippen molar-refractivity contribution in [2.45, 2.75) is 37.1 Å². The highest BCUT2D eigenvalue weighted by molar-refractivity contribution is 7.90. The smallest absolute Gasteiger partial charge is 0.251 e. The fraction of sp³-hybridized carbons (Fsp3) is 0.533. The van der Waals surface area contributed by atoms with Crippen LogP contribution in [-0.4, -0.2) is 33.2 Å². The first-order valence-electron chi connectivity index (χ1n) is 7.14. The van der Waals surface area contributed by atoms with Crippen LogP contribution in [0.25, 0.3) is 0 Å². The molecule has 2 rings (SSSR count). The van der Waals surface area contributed by atoms with Crippen molar-refractivity contribution in [3.8, 4) is 0 Å². The lowest BCUT2D eigenvalue weighted by atomic mass is 10.0. The highest BCUT2D eigenvalue weighted by atomic mass is 32.2. The van der Waals surface area contributed by atoms with Crippen LogP contribution in [0.3, 0.4) is 0 Å². The summed E-state index contributed by atoms with van der Waals surface area (Å²) < 4.78 is 23.4. The molecule has 1 aromatic carbocycles. The van der Waals surface area contributed by atoms with Gasteiger partial charge in [0.25, 0.3) is 5.91 Å². The molecule has 0 bridgehead atoms. The van der Waals surface area contributed by atoms with Crippen LogP contribution in [0, 0.1) is 12.8 Å². The summed E-state index contributed by atoms with van der Waals surface area (Å²) in [6.45, 7) is 2.28. The number of hydrogen-bond donors (Lipinski definition) is 2. The van der Waals surface area contributed by atoms with E-state index < -0.39 is 9.84 Å². The lowest BCUT2D eigenvalue weighted by molar-refractivity contribution is 0.0928. The Kier molecular flexibility index (Phi) is 4.68. The van der Waals surface area contributed by atoms with Gasteiger partial charge in [0.15, 0.2) is 9.84 Å². The van der Waals surface area contributed by atoms with Gasteiger partial charge in [0.05, 0.1) is 4.90 Å². The van der Waals surface area contributed by atoms with E-state index in [1.165, 1.54) is 6.07 Å². The molecule has 2 unspecified atom stereocenters. The van der Waals surface area contributed by atoms with Gasteiger partial charge < -0.3 is 11.1 Å². The van der Waals surface area contributed by atoms with Gasteiger partial charge in [-0.15, -0.1) is 0 Å². The van der Waals surface area contributed by atoms with Gasteiger partial charge >= 0.3 is 0 Å². The predicted octanol–water partition coefficient (Wildman–Crippen LogP) is 1.26. The van der Waals surface area contributed by atoms with Crippen LogP contribution in [0.5, 0.6) is 0 Å². The van der Waals surface area contributed by atoms with Crippen LogP contribution in [-0.2, 0) is 9.84 Å². The summed E-state index contributed by atoms with van der Waals surface area (Å²) in [4.78, 5) is 12.5. The Balaban J connectivity index is 2.20. The molecule has 0 radical (unpaired) electrons. The third kappa shape index (κ3) is 3.63. The van der Waals surface area contributed by atoms with E-state index in [2.05, 4.69) is 5.32 Å². The molecule has 1 amide bonds. The maximum absolute atomic E-state index is 12.3. The number of carbonyl (C=O) groups excluding carboxylic acids is 1. The number of rotatable bonds is 4. The first kappa shape index (κ1) is 16.0. The van der Waals surface area contributed by atoms with Crippen LogP contribution < -0.4 is 11.1 Å². The van der Waals surface area contributed by atoms with Crippen LogP contribution >= 0.6 is 0 Å². The van der Waals surface area contributed by atoms with E-state index in [9.17, 15) is 13.2 Å². The van der Waals surface area contributed by atoms with Gasteiger partial charge in [-0.3, -0.25) is 4.79 Å². The van der Waals surface area contributed by atoms with Gasteiger partial charge in [-0.1, -0.05) is 12.5 Å². The lowest BCUT2D eigenvalue weighted by Gasteiger charge is -2.19. The van der Waals surface area contributed by atoms with Crippen molar-refractivity contribution < 1.29 is 13.2 Å². The van der Waals surface area contributed by atoms with E-state index in [4.69, 9.17) is 5.73 Å². The number of carbonyl (C=O) groups is 1. The number of hydrogen-bond acceptors (Lipinski definition) is 4. The van der Waals surface area contributed by atoms with Gasteiger partial charge in [-0.2, -0.15) is 0 Å². The molecule has 1 fully saturated rings. The number of benzene rings is 1. The third-order valence-electron chi connectivity index (χ3n) is 4.13. The summed E-state index contributed by atoms with van der Waals surface area (Å²) in [5, 5.41) is 2.98. The Bertz CT molecular complexity index is 640. The summed E-state index contributed by atoms with van der Waals surface area (Å²) in [7, 11) is -3.33. The summed E-state index contributed by atoms with van der Waals surface area (Å²) in [6, 6.07) is 4.86. The van der Waals surface area contributed by atoms with E-state index in [1.54, 1.807) is 19.1 Å². The van der Waals surface area contributed by atoms with Crippen LogP contribution in [0.4, 0.5) is 0 Å². The lowest BCUT2D eigenvalue weighted by Crippen LogP contribution is -2.39. The zero-order chi connectivity index (χ0) is 15.6. The molecule has 1 saturated carbocycles. The quantitative estimate of drug-likeness (QED) is 0.876. The molecule has 1 aliphatic rings. The van der Waals surface area contributed by atoms with Crippen molar-refractivity contribution in [3.05, 3.63) is 29.3 Å². The summed E-state index contributed by atoms with van der Waals surface area (Å²) >= 11 is 0. The maximum atomic E-state index is 12.3. The maximum Gasteiger partial charge on any atom is 0.251 e. The second kappa shape index (κ2) is 6.15. The molecule has 0 aliphatic heterocycles. The van der Waals surface area contributed by atoms with Gasteiger partial charge in [0.1, 0.15) is 0 Å².